The van der Waals surface area contributed by atoms with Crippen LogP contribution in [0.2, 0.25) is 0 Å². The van der Waals surface area contributed by atoms with Crippen molar-refractivity contribution >= 4 is 38.7 Å². The van der Waals surface area contributed by atoms with Gasteiger partial charge in [-0.25, -0.2) is 14.5 Å². The Morgan fingerprint density at radius 3 is 2.43 bits per heavy atom. The van der Waals surface area contributed by atoms with Crippen LogP contribution in [0.3, 0.4) is 0 Å². The number of fused-ring (bicyclic) bond motifs is 1. The molecule has 6 nitrogen and oxygen atoms in total. The van der Waals surface area contributed by atoms with Crippen LogP contribution in [0.5, 0.6) is 0 Å². The zero-order valence-electron chi connectivity index (χ0n) is 16.3. The number of ketones is 1. The van der Waals surface area contributed by atoms with Gasteiger partial charge in [0.1, 0.15) is 0 Å². The molecule has 0 aliphatic carbocycles. The van der Waals surface area contributed by atoms with Gasteiger partial charge in [0.05, 0.1) is 17.1 Å². The number of carbonyl (C=O) groups is 2. The van der Waals surface area contributed by atoms with E-state index in [0.717, 1.165) is 10.2 Å². The minimum atomic E-state index is -0.553. The van der Waals surface area contributed by atoms with Gasteiger partial charge in [0, 0.05) is 21.8 Å². The highest BCUT2D eigenvalue weighted by Crippen LogP contribution is 2.25. The largest absolute Gasteiger partial charge is 0.454 e. The number of halogens is 1. The molecule has 3 rings (SSSR count). The predicted molar refractivity (Wildman–Crippen MR) is 111 cm³/mol. The van der Waals surface area contributed by atoms with E-state index in [1.165, 1.54) is 0 Å². The molecule has 0 bridgehead atoms. The molecule has 0 saturated carbocycles. The Balaban J connectivity index is 1.88. The molecule has 0 aliphatic rings. The van der Waals surface area contributed by atoms with Crippen LogP contribution in [0.15, 0.2) is 41.0 Å². The van der Waals surface area contributed by atoms with Crippen LogP contribution in [0, 0.1) is 0 Å². The van der Waals surface area contributed by atoms with Crippen molar-refractivity contribution in [1.82, 2.24) is 14.8 Å². The van der Waals surface area contributed by atoms with E-state index in [1.54, 1.807) is 41.2 Å². The zero-order chi connectivity index (χ0) is 20.4. The van der Waals surface area contributed by atoms with E-state index in [2.05, 4.69) is 26.0 Å². The van der Waals surface area contributed by atoms with Gasteiger partial charge in [-0.2, -0.15) is 5.10 Å². The molecule has 0 radical (unpaired) electrons. The highest BCUT2D eigenvalue weighted by molar-refractivity contribution is 9.10. The van der Waals surface area contributed by atoms with Crippen LogP contribution in [-0.2, 0) is 4.74 Å². The number of benzene rings is 1. The molecule has 0 amide bonds. The van der Waals surface area contributed by atoms with E-state index < -0.39 is 5.97 Å². The molecule has 0 fully saturated rings. The van der Waals surface area contributed by atoms with Crippen molar-refractivity contribution in [3.05, 3.63) is 57.8 Å². The summed E-state index contributed by atoms with van der Waals surface area (Å²) in [5, 5.41) is 4.99. The van der Waals surface area contributed by atoms with Crippen molar-refractivity contribution in [1.29, 1.82) is 0 Å². The lowest BCUT2D eigenvalue weighted by Gasteiger charge is -2.12. The number of esters is 1. The van der Waals surface area contributed by atoms with E-state index in [1.807, 2.05) is 27.7 Å². The lowest BCUT2D eigenvalue weighted by atomic mass is 10.1. The van der Waals surface area contributed by atoms with Gasteiger partial charge >= 0.3 is 5.97 Å². The quantitative estimate of drug-likeness (QED) is 0.398. The molecule has 28 heavy (non-hydrogen) atoms. The Kier molecular flexibility index (Phi) is 5.93. The Bertz CT molecular complexity index is 1020. The number of rotatable bonds is 6. The van der Waals surface area contributed by atoms with Crippen molar-refractivity contribution in [3.63, 3.8) is 0 Å². The van der Waals surface area contributed by atoms with Crippen LogP contribution in [-0.4, -0.2) is 33.1 Å². The number of ether oxygens (including phenoxy) is 1. The summed E-state index contributed by atoms with van der Waals surface area (Å²) in [6, 6.07) is 8.76. The average Bonchev–Trinajstić information content (AvgIpc) is 3.09. The summed E-state index contributed by atoms with van der Waals surface area (Å²) in [6.45, 7) is 7.71. The van der Waals surface area contributed by atoms with Gasteiger partial charge in [-0.1, -0.05) is 41.9 Å². The summed E-state index contributed by atoms with van der Waals surface area (Å²) in [5.41, 5.74) is 2.30. The lowest BCUT2D eigenvalue weighted by molar-refractivity contribution is 0.0476. The Labute approximate surface area is 172 Å². The normalized spacial score (nSPS) is 11.4. The van der Waals surface area contributed by atoms with E-state index >= 15 is 0 Å². The number of nitrogens with zero attached hydrogens (tertiary/aromatic N) is 3. The maximum atomic E-state index is 12.8. The van der Waals surface area contributed by atoms with Gasteiger partial charge < -0.3 is 4.74 Å². The van der Waals surface area contributed by atoms with Crippen LogP contribution in [0.1, 0.15) is 66.1 Å². The summed E-state index contributed by atoms with van der Waals surface area (Å²) in [4.78, 5) is 29.7. The molecule has 146 valence electrons. The molecule has 0 aliphatic heterocycles. The van der Waals surface area contributed by atoms with E-state index in [-0.39, 0.29) is 24.3 Å². The average molecular weight is 444 g/mol. The zero-order valence-corrected chi connectivity index (χ0v) is 17.9. The SMILES string of the molecule is CC(C)c1cc(C(=O)OCC(=O)c2ccc(Br)cc2)c2cnn(C(C)C)c2n1. The third-order valence-electron chi connectivity index (χ3n) is 4.39. The molecule has 0 atom stereocenters. The van der Waals surface area contributed by atoms with Gasteiger partial charge in [0.2, 0.25) is 0 Å². The molecule has 2 heterocycles. The molecule has 1 aromatic carbocycles. The standard InChI is InChI=1S/C21H22BrN3O3/c1-12(2)18-9-16(17-10-23-25(13(3)4)20(17)24-18)21(27)28-11-19(26)14-5-7-15(22)8-6-14/h5-10,12-13H,11H2,1-4H3. The smallest absolute Gasteiger partial charge is 0.339 e. The van der Waals surface area contributed by atoms with E-state index in [9.17, 15) is 9.59 Å². The summed E-state index contributed by atoms with van der Waals surface area (Å²) >= 11 is 3.33. The van der Waals surface area contributed by atoms with Crippen LogP contribution >= 0.6 is 15.9 Å². The highest BCUT2D eigenvalue weighted by atomic mass is 79.9. The van der Waals surface area contributed by atoms with Crippen LogP contribution in [0.25, 0.3) is 11.0 Å². The molecule has 7 heteroatoms. The lowest BCUT2D eigenvalue weighted by Crippen LogP contribution is -2.15. The second kappa shape index (κ2) is 8.22. The summed E-state index contributed by atoms with van der Waals surface area (Å²) in [5.74, 6) is -0.674. The molecule has 3 aromatic rings. The first-order valence-electron chi connectivity index (χ1n) is 9.12. The fourth-order valence-electron chi connectivity index (χ4n) is 2.81. The number of hydrogen-bond acceptors (Lipinski definition) is 5. The minimum absolute atomic E-state index is 0.107. The van der Waals surface area contributed by atoms with Gasteiger partial charge in [-0.3, -0.25) is 4.79 Å². The topological polar surface area (TPSA) is 74.1 Å². The van der Waals surface area contributed by atoms with Crippen molar-refractivity contribution in [3.8, 4) is 0 Å². The molecule has 0 N–H and O–H groups in total. The van der Waals surface area contributed by atoms with Gasteiger partial charge in [0.15, 0.2) is 18.0 Å². The second-order valence-electron chi connectivity index (χ2n) is 7.18. The van der Waals surface area contributed by atoms with Crippen LogP contribution < -0.4 is 0 Å². The van der Waals surface area contributed by atoms with Gasteiger partial charge in [-0.15, -0.1) is 0 Å². The first-order chi connectivity index (χ1) is 13.3. The van der Waals surface area contributed by atoms with Crippen LogP contribution in [0.4, 0.5) is 0 Å². The Hall–Kier alpha value is -2.54. The molecular formula is C21H22BrN3O3. The third kappa shape index (κ3) is 4.14. The fourth-order valence-corrected chi connectivity index (χ4v) is 3.07. The second-order valence-corrected chi connectivity index (χ2v) is 8.09. The maximum absolute atomic E-state index is 12.8. The molecule has 0 unspecified atom stereocenters. The highest BCUT2D eigenvalue weighted by Gasteiger charge is 2.20. The summed E-state index contributed by atoms with van der Waals surface area (Å²) in [6.07, 6.45) is 1.62. The number of hydrogen-bond donors (Lipinski definition) is 0. The van der Waals surface area contributed by atoms with Crippen molar-refractivity contribution in [2.45, 2.75) is 39.7 Å². The van der Waals surface area contributed by atoms with Crippen molar-refractivity contribution < 1.29 is 14.3 Å². The first kappa shape index (κ1) is 20.2. The number of carbonyl (C=O) groups excluding carboxylic acids is 2. The minimum Gasteiger partial charge on any atom is -0.454 e. The summed E-state index contributed by atoms with van der Waals surface area (Å²) < 4.78 is 7.98. The maximum Gasteiger partial charge on any atom is 0.339 e. The Morgan fingerprint density at radius 1 is 1.14 bits per heavy atom. The number of Topliss-reactive ketones (excluding diaryl/α,β-unsaturated/α-hetero) is 1. The van der Waals surface area contributed by atoms with Crippen molar-refractivity contribution in [2.24, 2.45) is 0 Å². The van der Waals surface area contributed by atoms with Crippen molar-refractivity contribution in [2.75, 3.05) is 6.61 Å². The molecule has 0 spiro atoms. The third-order valence-corrected chi connectivity index (χ3v) is 4.92. The number of aromatic nitrogens is 3. The number of pyridine rings is 1. The summed E-state index contributed by atoms with van der Waals surface area (Å²) in [7, 11) is 0. The molecule has 0 saturated heterocycles. The molecular weight excluding hydrogens is 422 g/mol. The van der Waals surface area contributed by atoms with E-state index in [4.69, 9.17) is 4.74 Å². The first-order valence-corrected chi connectivity index (χ1v) is 9.91. The molecule has 2 aromatic heterocycles. The fraction of sp³-hybridized carbons (Fsp3) is 0.333. The predicted octanol–water partition coefficient (Wildman–Crippen LogP) is 4.94. The van der Waals surface area contributed by atoms with E-state index in [0.29, 0.717) is 22.2 Å². The van der Waals surface area contributed by atoms with Gasteiger partial charge in [0.25, 0.3) is 0 Å². The Morgan fingerprint density at radius 2 is 1.82 bits per heavy atom. The van der Waals surface area contributed by atoms with Gasteiger partial charge in [-0.05, 0) is 38.0 Å². The monoisotopic (exact) mass is 443 g/mol.